The zero-order chi connectivity index (χ0) is 32.6. The molecule has 48 heavy (non-hydrogen) atoms. The summed E-state index contributed by atoms with van der Waals surface area (Å²) in [5.74, 6) is 2.02. The molecule has 0 fully saturated rings. The van der Waals surface area contributed by atoms with Gasteiger partial charge in [-0.2, -0.15) is 0 Å². The lowest BCUT2D eigenvalue weighted by Gasteiger charge is -2.48. The Morgan fingerprint density at radius 3 is 1.65 bits per heavy atom. The summed E-state index contributed by atoms with van der Waals surface area (Å²) in [6.07, 6.45) is 0. The minimum absolute atomic E-state index is 0.0616. The van der Waals surface area contributed by atoms with Crippen LogP contribution in [-0.4, -0.2) is 15.0 Å². The molecule has 230 valence electrons. The van der Waals surface area contributed by atoms with Gasteiger partial charge in [0.2, 0.25) is 0 Å². The van der Waals surface area contributed by atoms with E-state index in [9.17, 15) is 0 Å². The number of nitrogens with zero attached hydrogens (tertiary/aromatic N) is 3. The molecule has 3 heteroatoms. The Hall–Kier alpha value is -5.67. The van der Waals surface area contributed by atoms with E-state index in [2.05, 4.69) is 149 Å². The third kappa shape index (κ3) is 4.24. The Kier molecular flexibility index (Phi) is 6.20. The van der Waals surface area contributed by atoms with Crippen LogP contribution >= 0.6 is 0 Å². The van der Waals surface area contributed by atoms with Gasteiger partial charge < -0.3 is 0 Å². The third-order valence-corrected chi connectivity index (χ3v) is 11.1. The van der Waals surface area contributed by atoms with E-state index in [1.807, 2.05) is 18.2 Å². The lowest BCUT2D eigenvalue weighted by molar-refractivity contribution is 0.299. The van der Waals surface area contributed by atoms with E-state index in [-0.39, 0.29) is 10.8 Å². The molecule has 7 aromatic carbocycles. The molecule has 0 N–H and O–H groups in total. The summed E-state index contributed by atoms with van der Waals surface area (Å²) in [5, 5.41) is 7.37. The highest BCUT2D eigenvalue weighted by Gasteiger charge is 2.45. The Morgan fingerprint density at radius 2 is 0.875 bits per heavy atom. The van der Waals surface area contributed by atoms with Gasteiger partial charge in [0, 0.05) is 16.7 Å². The summed E-state index contributed by atoms with van der Waals surface area (Å²) in [5.41, 5.74) is 8.05. The molecule has 0 spiro atoms. The van der Waals surface area contributed by atoms with Crippen molar-refractivity contribution in [2.75, 3.05) is 0 Å². The van der Waals surface area contributed by atoms with Crippen molar-refractivity contribution in [1.29, 1.82) is 0 Å². The molecule has 1 heterocycles. The fourth-order valence-electron chi connectivity index (χ4n) is 7.68. The average molecular weight is 618 g/mol. The van der Waals surface area contributed by atoms with Crippen LogP contribution in [0.1, 0.15) is 38.8 Å². The van der Waals surface area contributed by atoms with Gasteiger partial charge in [-0.1, -0.05) is 155 Å². The van der Waals surface area contributed by atoms with Crippen LogP contribution in [0.25, 0.3) is 77.6 Å². The fraction of sp³-hybridized carbons (Fsp3) is 0.133. The molecule has 3 nitrogen and oxygen atoms in total. The van der Waals surface area contributed by atoms with Crippen molar-refractivity contribution in [2.45, 2.75) is 38.5 Å². The molecular formula is C45H35N3. The third-order valence-electron chi connectivity index (χ3n) is 11.1. The van der Waals surface area contributed by atoms with Gasteiger partial charge in [-0.3, -0.25) is 0 Å². The molecule has 0 atom stereocenters. The first-order chi connectivity index (χ1) is 23.3. The molecule has 0 radical (unpaired) electrons. The number of aromatic nitrogens is 3. The smallest absolute Gasteiger partial charge is 0.164 e. The second kappa shape index (κ2) is 10.4. The Bertz CT molecular complexity index is 2560. The minimum atomic E-state index is -0.117. The standard InChI is InChI=1S/C45H35N3/c1-44(2)39-17-11-10-16-36(39)37-25-22-32(27-40(37)45(44,3)4)43-47-41(30-13-6-5-7-14-30)46-42(48-43)31-19-18-29-21-23-34-33-15-9-8-12-28(33)20-24-35(34)38(29)26-31/h5-27H,1-4H3. The van der Waals surface area contributed by atoms with Crippen LogP contribution < -0.4 is 0 Å². The molecule has 0 unspecified atom stereocenters. The molecule has 1 aliphatic rings. The van der Waals surface area contributed by atoms with E-state index in [0.29, 0.717) is 17.5 Å². The maximum Gasteiger partial charge on any atom is 0.164 e. The summed E-state index contributed by atoms with van der Waals surface area (Å²) < 4.78 is 0. The predicted octanol–water partition coefficient (Wildman–Crippen LogP) is 11.6. The highest BCUT2D eigenvalue weighted by Crippen LogP contribution is 2.54. The van der Waals surface area contributed by atoms with Gasteiger partial charge in [0.15, 0.2) is 17.5 Å². The first-order valence-corrected chi connectivity index (χ1v) is 16.7. The van der Waals surface area contributed by atoms with Gasteiger partial charge in [0.05, 0.1) is 0 Å². The molecule has 0 amide bonds. The molecular weight excluding hydrogens is 583 g/mol. The molecule has 1 aromatic heterocycles. The van der Waals surface area contributed by atoms with Gasteiger partial charge in [-0.15, -0.1) is 0 Å². The maximum absolute atomic E-state index is 5.19. The van der Waals surface area contributed by atoms with Crippen molar-refractivity contribution >= 4 is 32.3 Å². The number of hydrogen-bond donors (Lipinski definition) is 0. The molecule has 9 rings (SSSR count). The Morgan fingerprint density at radius 1 is 0.354 bits per heavy atom. The zero-order valence-corrected chi connectivity index (χ0v) is 27.6. The summed E-state index contributed by atoms with van der Waals surface area (Å²) >= 11 is 0. The quantitative estimate of drug-likeness (QED) is 0.185. The monoisotopic (exact) mass is 617 g/mol. The van der Waals surface area contributed by atoms with Crippen molar-refractivity contribution in [3.63, 3.8) is 0 Å². The largest absolute Gasteiger partial charge is 0.208 e. The molecule has 0 bridgehead atoms. The summed E-state index contributed by atoms with van der Waals surface area (Å²) in [6, 6.07) is 49.9. The van der Waals surface area contributed by atoms with Crippen molar-refractivity contribution in [3.05, 3.63) is 151 Å². The van der Waals surface area contributed by atoms with E-state index in [1.165, 1.54) is 54.6 Å². The average Bonchev–Trinajstić information content (AvgIpc) is 3.13. The topological polar surface area (TPSA) is 38.7 Å². The number of hydrogen-bond acceptors (Lipinski definition) is 3. The SMILES string of the molecule is CC1(C)c2ccccc2-c2ccc(-c3nc(-c4ccccc4)nc(-c4ccc5ccc6c7ccccc7ccc6c5c4)n3)cc2C1(C)C. The normalized spacial score (nSPS) is 14.6. The number of fused-ring (bicyclic) bond motifs is 8. The minimum Gasteiger partial charge on any atom is -0.208 e. The highest BCUT2D eigenvalue weighted by atomic mass is 15.0. The highest BCUT2D eigenvalue weighted by molar-refractivity contribution is 6.17. The summed E-state index contributed by atoms with van der Waals surface area (Å²) in [4.78, 5) is 15.4. The first kappa shape index (κ1) is 28.5. The molecule has 1 aliphatic carbocycles. The van der Waals surface area contributed by atoms with Crippen LogP contribution in [0.4, 0.5) is 0 Å². The van der Waals surface area contributed by atoms with Crippen LogP contribution in [0.15, 0.2) is 140 Å². The van der Waals surface area contributed by atoms with E-state index < -0.39 is 0 Å². The predicted molar refractivity (Wildman–Crippen MR) is 200 cm³/mol. The zero-order valence-electron chi connectivity index (χ0n) is 27.6. The van der Waals surface area contributed by atoms with Gasteiger partial charge in [-0.25, -0.2) is 15.0 Å². The number of rotatable bonds is 3. The van der Waals surface area contributed by atoms with E-state index in [4.69, 9.17) is 15.0 Å². The number of benzene rings is 7. The fourth-order valence-corrected chi connectivity index (χ4v) is 7.68. The molecule has 8 aromatic rings. The van der Waals surface area contributed by atoms with Crippen molar-refractivity contribution in [1.82, 2.24) is 15.0 Å². The van der Waals surface area contributed by atoms with E-state index >= 15 is 0 Å². The molecule has 0 saturated carbocycles. The second-order valence-electron chi connectivity index (χ2n) is 14.1. The summed E-state index contributed by atoms with van der Waals surface area (Å²) in [6.45, 7) is 9.45. The first-order valence-electron chi connectivity index (χ1n) is 16.7. The lowest BCUT2D eigenvalue weighted by Crippen LogP contribution is -2.43. The van der Waals surface area contributed by atoms with Gasteiger partial charge in [0.25, 0.3) is 0 Å². The van der Waals surface area contributed by atoms with Crippen LogP contribution in [0.5, 0.6) is 0 Å². The second-order valence-corrected chi connectivity index (χ2v) is 14.1. The van der Waals surface area contributed by atoms with Crippen LogP contribution in [0.3, 0.4) is 0 Å². The summed E-state index contributed by atoms with van der Waals surface area (Å²) in [7, 11) is 0. The van der Waals surface area contributed by atoms with Crippen molar-refractivity contribution in [2.24, 2.45) is 0 Å². The van der Waals surface area contributed by atoms with Crippen LogP contribution in [0.2, 0.25) is 0 Å². The van der Waals surface area contributed by atoms with E-state index in [0.717, 1.165) is 16.7 Å². The van der Waals surface area contributed by atoms with Crippen LogP contribution in [0, 0.1) is 0 Å². The Balaban J connectivity index is 1.25. The molecule has 0 aliphatic heterocycles. The van der Waals surface area contributed by atoms with Gasteiger partial charge in [0.1, 0.15) is 0 Å². The van der Waals surface area contributed by atoms with Gasteiger partial charge >= 0.3 is 0 Å². The molecule has 0 saturated heterocycles. The Labute approximate surface area is 281 Å². The lowest BCUT2D eigenvalue weighted by atomic mass is 9.55. The van der Waals surface area contributed by atoms with Crippen molar-refractivity contribution in [3.8, 4) is 45.3 Å². The van der Waals surface area contributed by atoms with Crippen molar-refractivity contribution < 1.29 is 0 Å². The van der Waals surface area contributed by atoms with E-state index in [1.54, 1.807) is 0 Å². The van der Waals surface area contributed by atoms with Gasteiger partial charge in [-0.05, 0) is 77.5 Å². The maximum atomic E-state index is 5.19. The van der Waals surface area contributed by atoms with Crippen LogP contribution in [-0.2, 0) is 10.8 Å².